The topological polar surface area (TPSA) is 61.7 Å². The molecule has 0 N–H and O–H groups in total. The van der Waals surface area contributed by atoms with Gasteiger partial charge in [-0.05, 0) is 44.0 Å². The predicted molar refractivity (Wildman–Crippen MR) is 121 cm³/mol. The van der Waals surface area contributed by atoms with Gasteiger partial charge in [0.2, 0.25) is 5.91 Å². The number of hydrogen-bond donors (Lipinski definition) is 0. The van der Waals surface area contributed by atoms with Crippen LogP contribution >= 0.6 is 11.6 Å². The van der Waals surface area contributed by atoms with Crippen molar-refractivity contribution in [2.24, 2.45) is 0 Å². The third-order valence-corrected chi connectivity index (χ3v) is 6.62. The minimum atomic E-state index is -0.350. The van der Waals surface area contributed by atoms with E-state index in [0.29, 0.717) is 49.7 Å². The van der Waals surface area contributed by atoms with E-state index in [-0.39, 0.29) is 22.8 Å². The maximum absolute atomic E-state index is 13.2. The van der Waals surface area contributed by atoms with Gasteiger partial charge in [-0.1, -0.05) is 24.4 Å². The fourth-order valence-corrected chi connectivity index (χ4v) is 4.73. The van der Waals surface area contributed by atoms with Crippen molar-refractivity contribution in [3.63, 3.8) is 0 Å². The molecule has 2 aliphatic rings. The largest absolute Gasteiger partial charge is 0.342 e. The number of carbonyl (C=O) groups is 2. The molecule has 1 aromatic heterocycles. The van der Waals surface area contributed by atoms with E-state index in [9.17, 15) is 14.0 Å². The number of aryl methyl sites for hydroxylation is 1. The molecule has 0 radical (unpaired) electrons. The Morgan fingerprint density at radius 1 is 0.938 bits per heavy atom. The lowest BCUT2D eigenvalue weighted by molar-refractivity contribution is -0.132. The first-order valence-corrected chi connectivity index (χ1v) is 11.6. The third-order valence-electron chi connectivity index (χ3n) is 6.27. The Hall–Kier alpha value is -2.45. The van der Waals surface area contributed by atoms with E-state index in [2.05, 4.69) is 10.00 Å². The quantitative estimate of drug-likeness (QED) is 0.701. The Labute approximate surface area is 192 Å². The molecule has 32 heavy (non-hydrogen) atoms. The highest BCUT2D eigenvalue weighted by atomic mass is 35.5. The van der Waals surface area contributed by atoms with Crippen molar-refractivity contribution in [3.05, 3.63) is 46.5 Å². The summed E-state index contributed by atoms with van der Waals surface area (Å²) in [4.78, 5) is 31.7. The van der Waals surface area contributed by atoms with Crippen LogP contribution in [0.3, 0.4) is 0 Å². The van der Waals surface area contributed by atoms with Crippen LogP contribution in [-0.4, -0.2) is 82.1 Å². The highest BCUT2D eigenvalue weighted by molar-refractivity contribution is 6.33. The van der Waals surface area contributed by atoms with Crippen LogP contribution in [0.2, 0.25) is 5.15 Å². The monoisotopic (exact) mass is 461 g/mol. The molecule has 2 fully saturated rings. The number of amides is 2. The Kier molecular flexibility index (Phi) is 7.10. The van der Waals surface area contributed by atoms with Crippen molar-refractivity contribution in [2.75, 3.05) is 45.8 Å². The van der Waals surface area contributed by atoms with Crippen molar-refractivity contribution < 1.29 is 14.0 Å². The Balaban J connectivity index is 1.37. The SMILES string of the molecule is Cc1nn(-c2ccc(F)cc2)c(Cl)c1C(=O)N1CCN(CC(=O)N2CCCCCC2)CC1. The lowest BCUT2D eigenvalue weighted by Gasteiger charge is -2.35. The number of halogens is 2. The van der Waals surface area contributed by atoms with Gasteiger partial charge in [-0.15, -0.1) is 0 Å². The average Bonchev–Trinajstić information content (AvgIpc) is 2.96. The molecule has 9 heteroatoms. The molecule has 2 saturated heterocycles. The number of likely N-dealkylation sites (tertiary alicyclic amines) is 1. The smallest absolute Gasteiger partial charge is 0.258 e. The van der Waals surface area contributed by atoms with E-state index in [1.54, 1.807) is 24.0 Å². The Bertz CT molecular complexity index is 962. The molecular weight excluding hydrogens is 433 g/mol. The highest BCUT2D eigenvalue weighted by Gasteiger charge is 2.29. The number of hydrogen-bond acceptors (Lipinski definition) is 4. The van der Waals surface area contributed by atoms with Crippen LogP contribution in [0, 0.1) is 12.7 Å². The van der Waals surface area contributed by atoms with Crippen molar-refractivity contribution >= 4 is 23.4 Å². The summed E-state index contributed by atoms with van der Waals surface area (Å²) in [5, 5.41) is 4.61. The second kappa shape index (κ2) is 10.0. The zero-order chi connectivity index (χ0) is 22.7. The molecule has 0 atom stereocenters. The lowest BCUT2D eigenvalue weighted by atomic mass is 10.2. The first-order valence-electron chi connectivity index (χ1n) is 11.2. The van der Waals surface area contributed by atoms with Crippen molar-refractivity contribution in [1.82, 2.24) is 24.5 Å². The maximum atomic E-state index is 13.2. The average molecular weight is 462 g/mol. The van der Waals surface area contributed by atoms with Gasteiger partial charge in [-0.2, -0.15) is 5.10 Å². The van der Waals surface area contributed by atoms with Gasteiger partial charge in [0, 0.05) is 39.3 Å². The second-order valence-electron chi connectivity index (χ2n) is 8.50. The summed E-state index contributed by atoms with van der Waals surface area (Å²) in [6, 6.07) is 5.80. The summed E-state index contributed by atoms with van der Waals surface area (Å²) in [6.45, 7) is 6.22. The van der Waals surface area contributed by atoms with Gasteiger partial charge >= 0.3 is 0 Å². The molecule has 172 valence electrons. The van der Waals surface area contributed by atoms with Crippen molar-refractivity contribution in [2.45, 2.75) is 32.6 Å². The summed E-state index contributed by atoms with van der Waals surface area (Å²) in [7, 11) is 0. The van der Waals surface area contributed by atoms with Crippen LogP contribution < -0.4 is 0 Å². The number of benzene rings is 1. The second-order valence-corrected chi connectivity index (χ2v) is 8.86. The van der Waals surface area contributed by atoms with Gasteiger partial charge in [-0.25, -0.2) is 9.07 Å². The van der Waals surface area contributed by atoms with E-state index < -0.39 is 0 Å². The molecule has 0 aliphatic carbocycles. The molecule has 0 unspecified atom stereocenters. The van der Waals surface area contributed by atoms with E-state index in [4.69, 9.17) is 11.6 Å². The van der Waals surface area contributed by atoms with Gasteiger partial charge < -0.3 is 9.80 Å². The molecule has 2 aromatic rings. The summed E-state index contributed by atoms with van der Waals surface area (Å²) >= 11 is 6.51. The van der Waals surface area contributed by atoms with E-state index >= 15 is 0 Å². The molecular formula is C23H29ClFN5O2. The van der Waals surface area contributed by atoms with Gasteiger partial charge in [0.05, 0.1) is 23.5 Å². The molecule has 0 spiro atoms. The Morgan fingerprint density at radius 2 is 1.56 bits per heavy atom. The first kappa shape index (κ1) is 22.7. The number of rotatable bonds is 4. The Morgan fingerprint density at radius 3 is 2.19 bits per heavy atom. The highest BCUT2D eigenvalue weighted by Crippen LogP contribution is 2.25. The van der Waals surface area contributed by atoms with Crippen LogP contribution in [0.25, 0.3) is 5.69 Å². The fraction of sp³-hybridized carbons (Fsp3) is 0.522. The van der Waals surface area contributed by atoms with Crippen molar-refractivity contribution in [3.8, 4) is 5.69 Å². The van der Waals surface area contributed by atoms with E-state index in [1.165, 1.54) is 29.7 Å². The molecule has 4 rings (SSSR count). The van der Waals surface area contributed by atoms with Crippen LogP contribution in [0.4, 0.5) is 4.39 Å². The van der Waals surface area contributed by atoms with Crippen molar-refractivity contribution in [1.29, 1.82) is 0 Å². The summed E-state index contributed by atoms with van der Waals surface area (Å²) in [5.74, 6) is -0.331. The van der Waals surface area contributed by atoms with E-state index in [1.807, 2.05) is 4.90 Å². The molecule has 0 bridgehead atoms. The molecule has 2 amide bonds. The van der Waals surface area contributed by atoms with Crippen LogP contribution in [-0.2, 0) is 4.79 Å². The maximum Gasteiger partial charge on any atom is 0.258 e. The number of aromatic nitrogens is 2. The molecule has 3 heterocycles. The fourth-order valence-electron chi connectivity index (χ4n) is 4.37. The standard InChI is InChI=1S/C23H29ClFN5O2/c1-17-21(22(24)30(26-17)19-8-6-18(25)7-9-19)23(32)29-14-12-27(13-15-29)16-20(31)28-10-4-2-3-5-11-28/h6-9H,2-5,10-16H2,1H3. The minimum absolute atomic E-state index is 0.167. The van der Waals surface area contributed by atoms with Crippen LogP contribution in [0.15, 0.2) is 24.3 Å². The predicted octanol–water partition coefficient (Wildman–Crippen LogP) is 3.13. The summed E-state index contributed by atoms with van der Waals surface area (Å²) < 4.78 is 14.7. The van der Waals surface area contributed by atoms with Gasteiger partial charge in [0.25, 0.3) is 5.91 Å². The zero-order valence-corrected chi connectivity index (χ0v) is 19.2. The number of piperazine rings is 1. The lowest BCUT2D eigenvalue weighted by Crippen LogP contribution is -2.51. The van der Waals surface area contributed by atoms with Crippen LogP contribution in [0.1, 0.15) is 41.7 Å². The zero-order valence-electron chi connectivity index (χ0n) is 18.4. The molecule has 0 saturated carbocycles. The van der Waals surface area contributed by atoms with E-state index in [0.717, 1.165) is 25.9 Å². The van der Waals surface area contributed by atoms with Gasteiger partial charge in [0.1, 0.15) is 11.0 Å². The van der Waals surface area contributed by atoms with Crippen LogP contribution in [0.5, 0.6) is 0 Å². The first-order chi connectivity index (χ1) is 15.4. The third kappa shape index (κ3) is 4.96. The summed E-state index contributed by atoms with van der Waals surface area (Å²) in [5.41, 5.74) is 1.49. The summed E-state index contributed by atoms with van der Waals surface area (Å²) in [6.07, 6.45) is 4.56. The normalized spacial score (nSPS) is 18.0. The van der Waals surface area contributed by atoms with Gasteiger partial charge in [0.15, 0.2) is 0 Å². The molecule has 7 nitrogen and oxygen atoms in total. The minimum Gasteiger partial charge on any atom is -0.342 e. The molecule has 1 aromatic carbocycles. The number of carbonyl (C=O) groups excluding carboxylic acids is 2. The van der Waals surface area contributed by atoms with Gasteiger partial charge in [-0.3, -0.25) is 14.5 Å². The number of nitrogens with zero attached hydrogens (tertiary/aromatic N) is 5. The molecule has 2 aliphatic heterocycles.